The van der Waals surface area contributed by atoms with Crippen molar-refractivity contribution in [3.63, 3.8) is 0 Å². The summed E-state index contributed by atoms with van der Waals surface area (Å²) in [6.45, 7) is 3.79. The van der Waals surface area contributed by atoms with Crippen LogP contribution < -0.4 is 0 Å². The van der Waals surface area contributed by atoms with E-state index in [0.29, 0.717) is 12.8 Å². The highest BCUT2D eigenvalue weighted by Crippen LogP contribution is 2.45. The highest BCUT2D eigenvalue weighted by atomic mass is 32.2. The summed E-state index contributed by atoms with van der Waals surface area (Å²) in [6.07, 6.45) is 5.10. The van der Waals surface area contributed by atoms with Crippen molar-refractivity contribution in [2.45, 2.75) is 37.6 Å². The zero-order valence-corrected chi connectivity index (χ0v) is 25.0. The van der Waals surface area contributed by atoms with E-state index in [1.165, 1.54) is 4.31 Å². The molecule has 1 aliphatic heterocycles. The van der Waals surface area contributed by atoms with Gasteiger partial charge in [-0.25, -0.2) is 13.2 Å². The number of carbonyl (C=O) groups is 1. The Morgan fingerprint density at radius 2 is 1.59 bits per heavy atom. The summed E-state index contributed by atoms with van der Waals surface area (Å²) in [7, 11) is -3.87. The van der Waals surface area contributed by atoms with Gasteiger partial charge in [-0.1, -0.05) is 60.2 Å². The van der Waals surface area contributed by atoms with Gasteiger partial charge in [0.2, 0.25) is 10.0 Å². The van der Waals surface area contributed by atoms with Gasteiger partial charge in [-0.15, -0.1) is 0 Å². The van der Waals surface area contributed by atoms with Crippen molar-refractivity contribution in [3.05, 3.63) is 127 Å². The first-order valence-electron chi connectivity index (χ1n) is 14.1. The maximum Gasteiger partial charge on any atom is 0.338 e. The second kappa shape index (κ2) is 12.5. The lowest BCUT2D eigenvalue weighted by molar-refractivity contribution is -0.394. The Labute approximate surface area is 254 Å². The van der Waals surface area contributed by atoms with Gasteiger partial charge in [-0.05, 0) is 55.5 Å². The van der Waals surface area contributed by atoms with Crippen LogP contribution in [0, 0.1) is 39.0 Å². The molecule has 3 atom stereocenters. The summed E-state index contributed by atoms with van der Waals surface area (Å²) in [5.74, 6) is -1.60. The quantitative estimate of drug-likeness (QED) is 0.127. The molecule has 12 heteroatoms. The van der Waals surface area contributed by atoms with E-state index in [4.69, 9.17) is 4.74 Å². The van der Waals surface area contributed by atoms with Gasteiger partial charge < -0.3 is 4.74 Å². The van der Waals surface area contributed by atoms with Crippen LogP contribution in [-0.2, 0) is 14.8 Å². The van der Waals surface area contributed by atoms with Crippen molar-refractivity contribution in [2.24, 2.45) is 11.8 Å². The largest absolute Gasteiger partial charge is 0.462 e. The summed E-state index contributed by atoms with van der Waals surface area (Å²) < 4.78 is 35.0. The molecule has 0 amide bonds. The molecule has 0 N–H and O–H groups in total. The van der Waals surface area contributed by atoms with E-state index < -0.39 is 43.3 Å². The molecule has 3 aromatic rings. The summed E-state index contributed by atoms with van der Waals surface area (Å²) in [5.41, 5.74) is 2.35. The van der Waals surface area contributed by atoms with Gasteiger partial charge in [0.25, 0.3) is 11.4 Å². The maximum absolute atomic E-state index is 13.9. The van der Waals surface area contributed by atoms with E-state index in [1.54, 1.807) is 24.3 Å². The topological polar surface area (TPSA) is 150 Å². The normalized spacial score (nSPS) is 22.8. The number of rotatable bonds is 8. The molecule has 1 heterocycles. The van der Waals surface area contributed by atoms with Crippen LogP contribution in [0.15, 0.2) is 95.4 Å². The Kier molecular flexibility index (Phi) is 8.75. The maximum atomic E-state index is 13.9. The van der Waals surface area contributed by atoms with Crippen LogP contribution in [0.25, 0.3) is 5.57 Å². The van der Waals surface area contributed by atoms with E-state index >= 15 is 0 Å². The molecule has 11 nitrogen and oxygen atoms in total. The number of aryl methyl sites for hydroxylation is 1. The molecule has 5 rings (SSSR count). The number of ether oxygens (including phenoxy) is 1. The number of non-ortho nitro benzene ring substituents is 2. The number of hydrogen-bond donors (Lipinski definition) is 0. The Balaban J connectivity index is 1.51. The first kappa shape index (κ1) is 30.8. The molecule has 1 saturated heterocycles. The van der Waals surface area contributed by atoms with Crippen LogP contribution in [0.2, 0.25) is 0 Å². The smallest absolute Gasteiger partial charge is 0.338 e. The van der Waals surface area contributed by atoms with Crippen LogP contribution in [0.5, 0.6) is 0 Å². The van der Waals surface area contributed by atoms with Crippen molar-refractivity contribution < 1.29 is 27.8 Å². The number of nitro groups is 2. The number of benzene rings is 3. The summed E-state index contributed by atoms with van der Waals surface area (Å²) in [4.78, 5) is 34.3. The molecule has 0 aromatic heterocycles. The van der Waals surface area contributed by atoms with Crippen LogP contribution >= 0.6 is 0 Å². The lowest BCUT2D eigenvalue weighted by Crippen LogP contribution is -2.38. The molecule has 1 aliphatic carbocycles. The molecule has 1 fully saturated rings. The molecule has 3 aromatic carbocycles. The van der Waals surface area contributed by atoms with E-state index in [1.807, 2.05) is 56.3 Å². The molecule has 44 heavy (non-hydrogen) atoms. The highest BCUT2D eigenvalue weighted by molar-refractivity contribution is 7.89. The van der Waals surface area contributed by atoms with Gasteiger partial charge in [0.15, 0.2) is 0 Å². The van der Waals surface area contributed by atoms with Gasteiger partial charge in [0.1, 0.15) is 0 Å². The fourth-order valence-corrected chi connectivity index (χ4v) is 7.69. The first-order chi connectivity index (χ1) is 21.0. The SMILES string of the molecule is Cc1ccc(S(=O)(=O)N2C/C3=C(\c4ccccc4)C/C=C\C[C@H](COC(=O)c4cc([N+](=O)[O-])cc([N+](=O)[O-])c4)[C@H]3[C@@H]2C)cc1. The Bertz CT molecular complexity index is 1740. The number of allylic oxidation sites excluding steroid dienone is 3. The van der Waals surface area contributed by atoms with E-state index in [9.17, 15) is 33.4 Å². The molecule has 228 valence electrons. The number of nitro benzene ring substituents is 2. The third-order valence-electron chi connectivity index (χ3n) is 8.26. The molecular formula is C32H31N3O8S. The zero-order valence-electron chi connectivity index (χ0n) is 24.2. The molecular weight excluding hydrogens is 586 g/mol. The van der Waals surface area contributed by atoms with Crippen molar-refractivity contribution >= 4 is 32.9 Å². The standard InChI is InChI=1S/C32H31N3O8S/c1-21-12-14-28(15-13-21)44(41,42)33-19-30-29(23-8-4-3-5-9-23)11-7-6-10-24(31(30)22(33)2)20-43-32(36)25-16-26(34(37)38)18-27(17-25)35(39)40/h3-9,12-18,22,24,31H,10-11,19-20H2,1-2H3/b7-6-,30-29+/t22-,24+,31+/m0/s1. The lowest BCUT2D eigenvalue weighted by Gasteiger charge is -2.31. The van der Waals surface area contributed by atoms with Crippen molar-refractivity contribution in [1.82, 2.24) is 4.31 Å². The summed E-state index contributed by atoms with van der Waals surface area (Å²) >= 11 is 0. The average molecular weight is 618 g/mol. The number of esters is 1. The van der Waals surface area contributed by atoms with Crippen LogP contribution in [0.4, 0.5) is 11.4 Å². The minimum atomic E-state index is -3.87. The molecule has 0 bridgehead atoms. The van der Waals surface area contributed by atoms with Gasteiger partial charge in [-0.2, -0.15) is 4.31 Å². The second-order valence-electron chi connectivity index (χ2n) is 11.0. The van der Waals surface area contributed by atoms with E-state index in [2.05, 4.69) is 0 Å². The molecule has 0 saturated carbocycles. The summed E-state index contributed by atoms with van der Waals surface area (Å²) in [5, 5.41) is 22.7. The Hall–Kier alpha value is -4.68. The highest BCUT2D eigenvalue weighted by Gasteiger charge is 2.46. The van der Waals surface area contributed by atoms with Crippen LogP contribution in [0.1, 0.15) is 41.3 Å². The fourth-order valence-electron chi connectivity index (χ4n) is 6.07. The van der Waals surface area contributed by atoms with Gasteiger partial charge in [0.05, 0.1) is 33.0 Å². The van der Waals surface area contributed by atoms with E-state index in [-0.39, 0.29) is 35.4 Å². The van der Waals surface area contributed by atoms with Crippen LogP contribution in [-0.4, -0.2) is 47.7 Å². The minimum absolute atomic E-state index is 0.126. The monoisotopic (exact) mass is 617 g/mol. The average Bonchev–Trinajstić information content (AvgIpc) is 3.34. The van der Waals surface area contributed by atoms with Gasteiger partial charge >= 0.3 is 5.97 Å². The minimum Gasteiger partial charge on any atom is -0.462 e. The fraction of sp³-hybridized carbons (Fsp3) is 0.281. The Morgan fingerprint density at radius 3 is 2.20 bits per heavy atom. The predicted molar refractivity (Wildman–Crippen MR) is 163 cm³/mol. The van der Waals surface area contributed by atoms with Crippen molar-refractivity contribution in [1.29, 1.82) is 0 Å². The predicted octanol–water partition coefficient (Wildman–Crippen LogP) is 6.10. The number of fused-ring (bicyclic) bond motifs is 1. The van der Waals surface area contributed by atoms with Gasteiger partial charge in [0, 0.05) is 36.6 Å². The number of nitrogens with zero attached hydrogens (tertiary/aromatic N) is 3. The third-order valence-corrected chi connectivity index (χ3v) is 10.2. The number of sulfonamides is 1. The summed E-state index contributed by atoms with van der Waals surface area (Å²) in [6, 6.07) is 18.7. The molecule has 2 aliphatic rings. The number of hydrogen-bond acceptors (Lipinski definition) is 8. The first-order valence-corrected chi connectivity index (χ1v) is 15.5. The molecule has 0 unspecified atom stereocenters. The lowest BCUT2D eigenvalue weighted by atomic mass is 9.77. The third kappa shape index (κ3) is 6.17. The number of carbonyl (C=O) groups excluding carboxylic acids is 1. The Morgan fingerprint density at radius 1 is 0.955 bits per heavy atom. The van der Waals surface area contributed by atoms with Gasteiger partial charge in [-0.3, -0.25) is 20.2 Å². The van der Waals surface area contributed by atoms with E-state index in [0.717, 1.165) is 40.5 Å². The van der Waals surface area contributed by atoms with Crippen molar-refractivity contribution in [3.8, 4) is 0 Å². The molecule has 0 spiro atoms. The van der Waals surface area contributed by atoms with Crippen molar-refractivity contribution in [2.75, 3.05) is 13.2 Å². The van der Waals surface area contributed by atoms with Crippen LogP contribution in [0.3, 0.4) is 0 Å². The second-order valence-corrected chi connectivity index (χ2v) is 12.9. The zero-order chi connectivity index (χ0) is 31.6. The molecule has 0 radical (unpaired) electrons.